The summed E-state index contributed by atoms with van der Waals surface area (Å²) in [5.41, 5.74) is -1.15. The van der Waals surface area contributed by atoms with Gasteiger partial charge in [0.05, 0.1) is 11.1 Å². The van der Waals surface area contributed by atoms with Crippen molar-refractivity contribution in [1.82, 2.24) is 0 Å². The maximum absolute atomic E-state index is 13.8. The van der Waals surface area contributed by atoms with E-state index in [0.29, 0.717) is 17.7 Å². The highest BCUT2D eigenvalue weighted by Gasteiger charge is 2.32. The highest BCUT2D eigenvalue weighted by Crippen LogP contribution is 2.34. The Morgan fingerprint density at radius 1 is 1.10 bits per heavy atom. The Hall–Kier alpha value is -2.37. The molecule has 2 aromatic rings. The van der Waals surface area contributed by atoms with Gasteiger partial charge in [0.15, 0.2) is 17.9 Å². The lowest BCUT2D eigenvalue weighted by molar-refractivity contribution is -0.137. The van der Waals surface area contributed by atoms with Crippen LogP contribution in [0.25, 0.3) is 0 Å². The fourth-order valence-electron chi connectivity index (χ4n) is 1.71. The number of hydrogen-bond donors (Lipinski definition) is 0. The third-order valence-electron chi connectivity index (χ3n) is 2.76. The summed E-state index contributed by atoms with van der Waals surface area (Å²) in [5, 5.41) is 0. The summed E-state index contributed by atoms with van der Waals surface area (Å²) in [6.45, 7) is -0.0998. The summed E-state index contributed by atoms with van der Waals surface area (Å²) in [6, 6.07) is 9.58. The van der Waals surface area contributed by atoms with Crippen LogP contribution in [0.2, 0.25) is 0 Å². The van der Waals surface area contributed by atoms with Gasteiger partial charge in [0, 0.05) is 0 Å². The minimum absolute atomic E-state index is 0.0277. The number of hydrogen-bond acceptors (Lipinski definition) is 2. The van der Waals surface area contributed by atoms with Gasteiger partial charge in [-0.2, -0.15) is 13.2 Å². The van der Waals surface area contributed by atoms with E-state index >= 15 is 0 Å². The second-order valence-electron chi connectivity index (χ2n) is 4.27. The number of carbonyl (C=O) groups excluding carboxylic acids is 1. The first-order valence-corrected chi connectivity index (χ1v) is 5.94. The van der Waals surface area contributed by atoms with Crippen LogP contribution in [0.4, 0.5) is 17.6 Å². The largest absolute Gasteiger partial charge is 0.486 e. The normalized spacial score (nSPS) is 11.2. The Morgan fingerprint density at radius 3 is 2.33 bits per heavy atom. The van der Waals surface area contributed by atoms with Crippen molar-refractivity contribution < 1.29 is 27.1 Å². The smallest absolute Gasteiger partial charge is 0.416 e. The highest BCUT2D eigenvalue weighted by molar-refractivity contribution is 5.76. The molecule has 0 aliphatic rings. The van der Waals surface area contributed by atoms with Crippen LogP contribution >= 0.6 is 0 Å². The molecule has 0 fully saturated rings. The average molecular weight is 298 g/mol. The molecule has 2 nitrogen and oxygen atoms in total. The van der Waals surface area contributed by atoms with Gasteiger partial charge >= 0.3 is 6.18 Å². The predicted octanol–water partition coefficient (Wildman–Crippen LogP) is 4.24. The number of ether oxygens (including phenoxy) is 1. The molecule has 21 heavy (non-hydrogen) atoms. The van der Waals surface area contributed by atoms with E-state index in [-0.39, 0.29) is 12.9 Å². The van der Waals surface area contributed by atoms with Gasteiger partial charge in [-0.1, -0.05) is 30.3 Å². The van der Waals surface area contributed by atoms with Crippen molar-refractivity contribution in [3.63, 3.8) is 0 Å². The van der Waals surface area contributed by atoms with Crippen molar-refractivity contribution in [2.75, 3.05) is 0 Å². The molecule has 0 amide bonds. The van der Waals surface area contributed by atoms with E-state index in [0.717, 1.165) is 0 Å². The van der Waals surface area contributed by atoms with E-state index in [1.807, 2.05) is 0 Å². The Labute approximate surface area is 118 Å². The molecule has 0 radical (unpaired) electrons. The van der Waals surface area contributed by atoms with Gasteiger partial charge in [-0.05, 0) is 17.7 Å². The number of rotatable bonds is 4. The Kier molecular flexibility index (Phi) is 4.26. The molecule has 0 aromatic heterocycles. The average Bonchev–Trinajstić information content (AvgIpc) is 2.46. The first kappa shape index (κ1) is 15.0. The van der Waals surface area contributed by atoms with Crippen LogP contribution in [0.1, 0.15) is 21.5 Å². The number of alkyl halides is 3. The molecule has 0 spiro atoms. The quantitative estimate of drug-likeness (QED) is 0.623. The van der Waals surface area contributed by atoms with Crippen LogP contribution < -0.4 is 4.74 Å². The minimum atomic E-state index is -4.68. The molecule has 0 saturated heterocycles. The maximum Gasteiger partial charge on any atom is 0.416 e. The molecule has 110 valence electrons. The molecule has 6 heteroatoms. The Morgan fingerprint density at radius 2 is 1.76 bits per heavy atom. The Bertz CT molecular complexity index is 636. The standard InChI is InChI=1S/C15H10F4O2/c16-14-11(8-20)6-12(15(17,18)19)7-13(14)21-9-10-4-2-1-3-5-10/h1-8H,9H2. The summed E-state index contributed by atoms with van der Waals surface area (Å²) in [7, 11) is 0. The fourth-order valence-corrected chi connectivity index (χ4v) is 1.71. The fraction of sp³-hybridized carbons (Fsp3) is 0.133. The van der Waals surface area contributed by atoms with Crippen molar-refractivity contribution in [1.29, 1.82) is 0 Å². The molecular formula is C15H10F4O2. The summed E-state index contributed by atoms with van der Waals surface area (Å²) in [5.74, 6) is -1.70. The van der Waals surface area contributed by atoms with Gasteiger partial charge in [0.2, 0.25) is 0 Å². The highest BCUT2D eigenvalue weighted by atomic mass is 19.4. The van der Waals surface area contributed by atoms with Gasteiger partial charge in [0.25, 0.3) is 0 Å². The first-order valence-electron chi connectivity index (χ1n) is 5.94. The minimum Gasteiger partial charge on any atom is -0.486 e. The van der Waals surface area contributed by atoms with Crippen molar-refractivity contribution in [3.8, 4) is 5.75 Å². The molecule has 0 aliphatic carbocycles. The van der Waals surface area contributed by atoms with E-state index < -0.39 is 28.9 Å². The molecule has 0 atom stereocenters. The van der Waals surface area contributed by atoms with Crippen molar-refractivity contribution in [2.24, 2.45) is 0 Å². The van der Waals surface area contributed by atoms with Gasteiger partial charge < -0.3 is 4.74 Å². The summed E-state index contributed by atoms with van der Waals surface area (Å²) >= 11 is 0. The molecule has 2 rings (SSSR count). The predicted molar refractivity (Wildman–Crippen MR) is 67.6 cm³/mol. The topological polar surface area (TPSA) is 26.3 Å². The van der Waals surface area contributed by atoms with Crippen LogP contribution in [-0.4, -0.2) is 6.29 Å². The number of aldehydes is 1. The zero-order chi connectivity index (χ0) is 15.5. The van der Waals surface area contributed by atoms with Gasteiger partial charge in [-0.3, -0.25) is 4.79 Å². The second kappa shape index (κ2) is 5.95. The third kappa shape index (κ3) is 3.59. The van der Waals surface area contributed by atoms with Crippen molar-refractivity contribution >= 4 is 6.29 Å². The zero-order valence-corrected chi connectivity index (χ0v) is 10.7. The number of benzene rings is 2. The van der Waals surface area contributed by atoms with Gasteiger partial charge in [-0.25, -0.2) is 4.39 Å². The lowest BCUT2D eigenvalue weighted by Gasteiger charge is -2.13. The molecular weight excluding hydrogens is 288 g/mol. The molecule has 0 heterocycles. The van der Waals surface area contributed by atoms with Crippen LogP contribution in [-0.2, 0) is 12.8 Å². The molecule has 0 unspecified atom stereocenters. The van der Waals surface area contributed by atoms with Gasteiger partial charge in [0.1, 0.15) is 6.61 Å². The van der Waals surface area contributed by atoms with E-state index in [1.54, 1.807) is 30.3 Å². The van der Waals surface area contributed by atoms with Crippen LogP contribution in [0, 0.1) is 5.82 Å². The molecule has 0 N–H and O–H groups in total. The Balaban J connectivity index is 2.31. The molecule has 0 saturated carbocycles. The van der Waals surface area contributed by atoms with Crippen molar-refractivity contribution in [3.05, 3.63) is 65.0 Å². The van der Waals surface area contributed by atoms with E-state index in [1.165, 1.54) is 0 Å². The molecule has 0 bridgehead atoms. The van der Waals surface area contributed by atoms with Crippen LogP contribution in [0.5, 0.6) is 5.75 Å². The summed E-state index contributed by atoms with van der Waals surface area (Å²) in [6.07, 6.45) is -4.66. The summed E-state index contributed by atoms with van der Waals surface area (Å²) < 4.78 is 56.9. The van der Waals surface area contributed by atoms with Crippen molar-refractivity contribution in [2.45, 2.75) is 12.8 Å². The molecule has 0 aliphatic heterocycles. The maximum atomic E-state index is 13.8. The monoisotopic (exact) mass is 298 g/mol. The third-order valence-corrected chi connectivity index (χ3v) is 2.76. The summed E-state index contributed by atoms with van der Waals surface area (Å²) in [4.78, 5) is 10.7. The van der Waals surface area contributed by atoms with E-state index in [9.17, 15) is 22.4 Å². The lowest BCUT2D eigenvalue weighted by atomic mass is 10.1. The number of carbonyl (C=O) groups is 1. The second-order valence-corrected chi connectivity index (χ2v) is 4.27. The SMILES string of the molecule is O=Cc1cc(C(F)(F)F)cc(OCc2ccccc2)c1F. The number of halogens is 4. The first-order chi connectivity index (χ1) is 9.91. The van der Waals surface area contributed by atoms with Crippen LogP contribution in [0.15, 0.2) is 42.5 Å². The van der Waals surface area contributed by atoms with Crippen LogP contribution in [0.3, 0.4) is 0 Å². The van der Waals surface area contributed by atoms with E-state index in [4.69, 9.17) is 4.74 Å². The van der Waals surface area contributed by atoms with E-state index in [2.05, 4.69) is 0 Å². The lowest BCUT2D eigenvalue weighted by Crippen LogP contribution is -2.08. The zero-order valence-electron chi connectivity index (χ0n) is 10.7. The molecule has 2 aromatic carbocycles. The van der Waals surface area contributed by atoms with Gasteiger partial charge in [-0.15, -0.1) is 0 Å².